The maximum absolute atomic E-state index is 12.8. The lowest BCUT2D eigenvalue weighted by atomic mass is 9.52. The predicted octanol–water partition coefficient (Wildman–Crippen LogP) is 3.02. The number of ether oxygens (including phenoxy) is 2. The zero-order valence-corrected chi connectivity index (χ0v) is 16.1. The van der Waals surface area contributed by atoms with E-state index in [4.69, 9.17) is 9.47 Å². The Bertz CT molecular complexity index is 819. The molecule has 3 unspecified atom stereocenters. The molecule has 4 atom stereocenters. The molecule has 2 aliphatic heterocycles. The van der Waals surface area contributed by atoms with Crippen molar-refractivity contribution in [2.24, 2.45) is 5.92 Å². The number of ketones is 1. The number of Topliss-reactive ketones (excluding diaryl/α,β-unsaturated/α-hetero) is 1. The number of piperidine rings is 1. The van der Waals surface area contributed by atoms with Gasteiger partial charge >= 0.3 is 5.97 Å². The first-order valence-corrected chi connectivity index (χ1v) is 10.3. The van der Waals surface area contributed by atoms with Gasteiger partial charge in [-0.1, -0.05) is 19.4 Å². The van der Waals surface area contributed by atoms with E-state index >= 15 is 0 Å². The molecule has 1 saturated heterocycles. The molecule has 1 aromatic carbocycles. The van der Waals surface area contributed by atoms with Gasteiger partial charge in [-0.3, -0.25) is 9.59 Å². The van der Waals surface area contributed by atoms with Gasteiger partial charge in [-0.2, -0.15) is 0 Å². The SMILES string of the molecule is CCCCC(=O)Oc1ccc2c3c1O[C@H]1C(=O)CCC4C(C2)N(C)CCC341. The van der Waals surface area contributed by atoms with Crippen LogP contribution in [0.2, 0.25) is 0 Å². The standard InChI is InChI=1S/C22H27NO4/c1-3-4-5-18(25)26-17-9-6-13-12-15-14-7-8-16(24)21-22(14,10-11-23(15)2)19(13)20(17)27-21/h6,9,14-15,21H,3-5,7-8,10-12H2,1-2H3/t14?,15?,21-,22?/m0/s1. The van der Waals surface area contributed by atoms with Crippen LogP contribution in [-0.2, 0) is 21.4 Å². The van der Waals surface area contributed by atoms with E-state index in [1.165, 1.54) is 11.1 Å². The molecule has 0 N–H and O–H groups in total. The van der Waals surface area contributed by atoms with Crippen molar-refractivity contribution in [3.63, 3.8) is 0 Å². The normalized spacial score (nSPS) is 33.4. The fourth-order valence-corrected chi connectivity index (χ4v) is 6.09. The van der Waals surface area contributed by atoms with Crippen LogP contribution < -0.4 is 9.47 Å². The molecule has 5 nitrogen and oxygen atoms in total. The van der Waals surface area contributed by atoms with Crippen LogP contribution in [-0.4, -0.2) is 42.4 Å². The van der Waals surface area contributed by atoms with Crippen molar-refractivity contribution in [3.8, 4) is 11.5 Å². The number of carbonyl (C=O) groups is 2. The zero-order chi connectivity index (χ0) is 18.8. The summed E-state index contributed by atoms with van der Waals surface area (Å²) in [6, 6.07) is 4.43. The highest BCUT2D eigenvalue weighted by Gasteiger charge is 2.65. The van der Waals surface area contributed by atoms with Crippen molar-refractivity contribution in [1.82, 2.24) is 4.90 Å². The van der Waals surface area contributed by atoms with E-state index < -0.39 is 6.10 Å². The number of rotatable bonds is 4. The third-order valence-electron chi connectivity index (χ3n) is 7.33. The lowest BCUT2D eigenvalue weighted by Crippen LogP contribution is -2.65. The Morgan fingerprint density at radius 2 is 2.26 bits per heavy atom. The minimum absolute atomic E-state index is 0.210. The lowest BCUT2D eigenvalue weighted by Gasteiger charge is -2.57. The van der Waals surface area contributed by atoms with Gasteiger partial charge in [0.2, 0.25) is 0 Å². The second-order valence-electron chi connectivity index (χ2n) is 8.66. The fraction of sp³-hybridized carbons (Fsp3) is 0.636. The van der Waals surface area contributed by atoms with Crippen molar-refractivity contribution in [2.75, 3.05) is 13.6 Å². The molecule has 5 heteroatoms. The van der Waals surface area contributed by atoms with Crippen LogP contribution in [0.4, 0.5) is 0 Å². The Kier molecular flexibility index (Phi) is 3.87. The number of nitrogens with zero attached hydrogens (tertiary/aromatic N) is 1. The Morgan fingerprint density at radius 1 is 1.41 bits per heavy atom. The van der Waals surface area contributed by atoms with Crippen LogP contribution in [0.5, 0.6) is 11.5 Å². The topological polar surface area (TPSA) is 55.8 Å². The molecule has 1 saturated carbocycles. The van der Waals surface area contributed by atoms with Crippen LogP contribution >= 0.6 is 0 Å². The maximum Gasteiger partial charge on any atom is 0.311 e. The Hall–Kier alpha value is -1.88. The van der Waals surface area contributed by atoms with Crippen LogP contribution in [0.15, 0.2) is 12.1 Å². The minimum Gasteiger partial charge on any atom is -0.477 e. The van der Waals surface area contributed by atoms with Gasteiger partial charge in [-0.15, -0.1) is 0 Å². The number of likely N-dealkylation sites (N-methyl/N-ethyl adjacent to an activating group) is 1. The van der Waals surface area contributed by atoms with E-state index in [1.807, 2.05) is 6.07 Å². The maximum atomic E-state index is 12.8. The summed E-state index contributed by atoms with van der Waals surface area (Å²) in [6.45, 7) is 3.04. The van der Waals surface area contributed by atoms with Crippen molar-refractivity contribution in [2.45, 2.75) is 69.4 Å². The molecule has 1 aromatic rings. The van der Waals surface area contributed by atoms with Gasteiger partial charge < -0.3 is 14.4 Å². The Morgan fingerprint density at radius 3 is 3.07 bits per heavy atom. The fourth-order valence-electron chi connectivity index (χ4n) is 6.09. The quantitative estimate of drug-likeness (QED) is 0.603. The summed E-state index contributed by atoms with van der Waals surface area (Å²) in [7, 11) is 2.20. The predicted molar refractivity (Wildman–Crippen MR) is 100 cm³/mol. The van der Waals surface area contributed by atoms with Crippen LogP contribution in [0, 0.1) is 5.92 Å². The number of carbonyl (C=O) groups excluding carboxylic acids is 2. The van der Waals surface area contributed by atoms with Gasteiger partial charge in [-0.25, -0.2) is 0 Å². The number of benzene rings is 1. The van der Waals surface area contributed by atoms with Crippen LogP contribution in [0.25, 0.3) is 0 Å². The summed E-state index contributed by atoms with van der Waals surface area (Å²) in [5.74, 6) is 1.61. The Balaban J connectivity index is 1.60. The highest BCUT2D eigenvalue weighted by Crippen LogP contribution is 2.63. The second kappa shape index (κ2) is 6.06. The van der Waals surface area contributed by atoms with E-state index in [9.17, 15) is 9.59 Å². The van der Waals surface area contributed by atoms with Crippen LogP contribution in [0.1, 0.15) is 56.6 Å². The molecule has 144 valence electrons. The molecule has 2 aliphatic carbocycles. The largest absolute Gasteiger partial charge is 0.477 e. The molecule has 2 fully saturated rings. The zero-order valence-electron chi connectivity index (χ0n) is 16.1. The average Bonchev–Trinajstić information content (AvgIpc) is 3.01. The molecule has 0 aromatic heterocycles. The number of likely N-dealkylation sites (tertiary alicyclic amines) is 1. The van der Waals surface area contributed by atoms with Gasteiger partial charge in [0.1, 0.15) is 0 Å². The summed E-state index contributed by atoms with van der Waals surface area (Å²) in [5.41, 5.74) is 2.22. The number of hydrogen-bond acceptors (Lipinski definition) is 5. The summed E-state index contributed by atoms with van der Waals surface area (Å²) in [5, 5.41) is 0. The van der Waals surface area contributed by atoms with Gasteiger partial charge in [0, 0.05) is 29.9 Å². The highest BCUT2D eigenvalue weighted by molar-refractivity contribution is 5.89. The minimum atomic E-state index is -0.406. The van der Waals surface area contributed by atoms with Gasteiger partial charge in [-0.05, 0) is 56.8 Å². The van der Waals surface area contributed by atoms with E-state index in [-0.39, 0.29) is 17.2 Å². The second-order valence-corrected chi connectivity index (χ2v) is 8.66. The molecule has 27 heavy (non-hydrogen) atoms. The van der Waals surface area contributed by atoms with E-state index in [0.29, 0.717) is 36.3 Å². The first-order chi connectivity index (χ1) is 13.1. The molecular weight excluding hydrogens is 342 g/mol. The monoisotopic (exact) mass is 369 g/mol. The van der Waals surface area contributed by atoms with Crippen molar-refractivity contribution < 1.29 is 19.1 Å². The molecule has 0 amide bonds. The van der Waals surface area contributed by atoms with E-state index in [1.54, 1.807) is 0 Å². The third kappa shape index (κ3) is 2.27. The van der Waals surface area contributed by atoms with E-state index in [2.05, 4.69) is 24.9 Å². The molecule has 0 radical (unpaired) electrons. The first-order valence-electron chi connectivity index (χ1n) is 10.3. The number of esters is 1. The van der Waals surface area contributed by atoms with Gasteiger partial charge in [0.05, 0.1) is 0 Å². The molecular formula is C22H27NO4. The molecule has 1 spiro atoms. The highest BCUT2D eigenvalue weighted by atomic mass is 16.6. The number of hydrogen-bond donors (Lipinski definition) is 0. The summed E-state index contributed by atoms with van der Waals surface area (Å²) in [4.78, 5) is 27.5. The summed E-state index contributed by atoms with van der Waals surface area (Å²) < 4.78 is 12.0. The Labute approximate surface area is 160 Å². The van der Waals surface area contributed by atoms with Gasteiger partial charge in [0.15, 0.2) is 23.4 Å². The molecule has 5 rings (SSSR count). The smallest absolute Gasteiger partial charge is 0.311 e. The van der Waals surface area contributed by atoms with Crippen LogP contribution in [0.3, 0.4) is 0 Å². The third-order valence-corrected chi connectivity index (χ3v) is 7.33. The van der Waals surface area contributed by atoms with Crippen molar-refractivity contribution in [1.29, 1.82) is 0 Å². The summed E-state index contributed by atoms with van der Waals surface area (Å²) >= 11 is 0. The first kappa shape index (κ1) is 17.2. The average molecular weight is 369 g/mol. The van der Waals surface area contributed by atoms with Crippen molar-refractivity contribution in [3.05, 3.63) is 23.3 Å². The molecule has 2 heterocycles. The van der Waals surface area contributed by atoms with Gasteiger partial charge in [0.25, 0.3) is 0 Å². The van der Waals surface area contributed by atoms with Crippen molar-refractivity contribution >= 4 is 11.8 Å². The number of unbranched alkanes of at least 4 members (excludes halogenated alkanes) is 1. The van der Waals surface area contributed by atoms with E-state index in [0.717, 1.165) is 38.6 Å². The molecule has 2 bridgehead atoms. The molecule has 4 aliphatic rings. The summed E-state index contributed by atoms with van der Waals surface area (Å²) in [6.07, 6.45) is 5.24. The lowest BCUT2D eigenvalue weighted by molar-refractivity contribution is -0.138.